The van der Waals surface area contributed by atoms with E-state index < -0.39 is 0 Å². The second kappa shape index (κ2) is 2.94. The fraction of sp³-hybridized carbons (Fsp3) is 0.143. The summed E-state index contributed by atoms with van der Waals surface area (Å²) >= 11 is 0. The minimum atomic E-state index is 0.943. The van der Waals surface area contributed by atoms with Gasteiger partial charge in [-0.1, -0.05) is 12.1 Å². The molecule has 0 aliphatic carbocycles. The molecule has 1 aromatic carbocycles. The zero-order valence-corrected chi connectivity index (χ0v) is 9.59. The van der Waals surface area contributed by atoms with Gasteiger partial charge in [-0.05, 0) is 30.7 Å². The molecule has 2 aromatic heterocycles. The Labute approximate surface area is 98.9 Å². The fourth-order valence-electron chi connectivity index (χ4n) is 2.65. The van der Waals surface area contributed by atoms with Crippen LogP contribution in [0.25, 0.3) is 16.7 Å². The lowest BCUT2D eigenvalue weighted by atomic mass is 10.1. The molecule has 0 atom stereocenters. The van der Waals surface area contributed by atoms with E-state index in [1.165, 1.54) is 22.2 Å². The van der Waals surface area contributed by atoms with Crippen molar-refractivity contribution in [1.82, 2.24) is 9.67 Å². The first-order valence-electron chi connectivity index (χ1n) is 5.80. The molecule has 3 nitrogen and oxygen atoms in total. The predicted octanol–water partition coefficient (Wildman–Crippen LogP) is 1.98. The molecule has 0 fully saturated rings. The van der Waals surface area contributed by atoms with Gasteiger partial charge in [0.1, 0.15) is 5.69 Å². The topological polar surface area (TPSA) is 21.7 Å². The monoisotopic (exact) mass is 222 g/mol. The number of benzene rings is 1. The van der Waals surface area contributed by atoms with Crippen molar-refractivity contribution >= 4 is 11.0 Å². The van der Waals surface area contributed by atoms with E-state index in [0.717, 1.165) is 12.2 Å². The minimum absolute atomic E-state index is 0.943. The van der Waals surface area contributed by atoms with E-state index in [4.69, 9.17) is 0 Å². The molecule has 1 aliphatic rings. The van der Waals surface area contributed by atoms with Crippen molar-refractivity contribution in [1.29, 1.82) is 0 Å². The van der Waals surface area contributed by atoms with Gasteiger partial charge in [-0.2, -0.15) is 0 Å². The van der Waals surface area contributed by atoms with E-state index in [-0.39, 0.29) is 0 Å². The van der Waals surface area contributed by atoms with E-state index in [1.807, 2.05) is 12.3 Å². The van der Waals surface area contributed by atoms with E-state index in [0.29, 0.717) is 0 Å². The van der Waals surface area contributed by atoms with Gasteiger partial charge >= 0.3 is 0 Å². The fourth-order valence-corrected chi connectivity index (χ4v) is 2.65. The van der Waals surface area contributed by atoms with E-state index in [9.17, 15) is 0 Å². The van der Waals surface area contributed by atoms with Gasteiger partial charge in [-0.3, -0.25) is 0 Å². The van der Waals surface area contributed by atoms with Crippen LogP contribution in [0, 0.1) is 6.92 Å². The van der Waals surface area contributed by atoms with Gasteiger partial charge in [0, 0.05) is 6.20 Å². The van der Waals surface area contributed by atoms with Crippen molar-refractivity contribution in [3.63, 3.8) is 0 Å². The maximum absolute atomic E-state index is 4.48. The molecule has 82 valence electrons. The molecule has 3 heterocycles. The Morgan fingerprint density at radius 3 is 3.12 bits per heavy atom. The standard InChI is InChI=1S/C14H12N3/c1-10-4-2-6-13-12(10)9-16-8-11-5-3-7-15-14(11)17(13)16/h2-8H,9H2,1H3/q+1. The molecule has 0 spiro atoms. The van der Waals surface area contributed by atoms with Crippen molar-refractivity contribution in [2.75, 3.05) is 0 Å². The summed E-state index contributed by atoms with van der Waals surface area (Å²) in [6.07, 6.45) is 4.02. The van der Waals surface area contributed by atoms with Gasteiger partial charge in [-0.25, -0.2) is 4.98 Å². The molecule has 17 heavy (non-hydrogen) atoms. The maximum Gasteiger partial charge on any atom is 0.207 e. The normalized spacial score (nSPS) is 12.8. The van der Waals surface area contributed by atoms with Crippen LogP contribution in [0.3, 0.4) is 0 Å². The molecule has 0 saturated carbocycles. The molecule has 1 aliphatic heterocycles. The summed E-state index contributed by atoms with van der Waals surface area (Å²) in [6.45, 7) is 3.11. The van der Waals surface area contributed by atoms with Crippen molar-refractivity contribution < 1.29 is 4.68 Å². The number of hydrogen-bond donors (Lipinski definition) is 0. The van der Waals surface area contributed by atoms with Crippen molar-refractivity contribution in [2.24, 2.45) is 0 Å². The van der Waals surface area contributed by atoms with Gasteiger partial charge in [-0.15, -0.1) is 9.36 Å². The van der Waals surface area contributed by atoms with Crippen LogP contribution in [-0.2, 0) is 6.54 Å². The summed E-state index contributed by atoms with van der Waals surface area (Å²) in [6, 6.07) is 10.5. The predicted molar refractivity (Wildman–Crippen MR) is 65.1 cm³/mol. The molecule has 3 aromatic rings. The Kier molecular flexibility index (Phi) is 1.55. The summed E-state index contributed by atoms with van der Waals surface area (Å²) in [5.41, 5.74) is 5.05. The molecule has 0 N–H and O–H groups in total. The highest BCUT2D eigenvalue weighted by atomic mass is 15.4. The second-order valence-corrected chi connectivity index (χ2v) is 4.53. The van der Waals surface area contributed by atoms with Crippen LogP contribution in [0.15, 0.2) is 42.7 Å². The lowest BCUT2D eigenvalue weighted by Crippen LogP contribution is -2.36. The number of pyridine rings is 1. The summed E-state index contributed by atoms with van der Waals surface area (Å²) < 4.78 is 4.44. The molecule has 4 rings (SSSR count). The molecule has 0 radical (unpaired) electrons. The summed E-state index contributed by atoms with van der Waals surface area (Å²) in [5.74, 6) is 0. The third kappa shape index (κ3) is 1.06. The van der Waals surface area contributed by atoms with Crippen LogP contribution >= 0.6 is 0 Å². The van der Waals surface area contributed by atoms with Crippen molar-refractivity contribution in [3.8, 4) is 5.69 Å². The Hall–Kier alpha value is -2.16. The van der Waals surface area contributed by atoms with Gasteiger partial charge in [0.2, 0.25) is 11.8 Å². The number of hydrogen-bond acceptors (Lipinski definition) is 1. The highest BCUT2D eigenvalue weighted by molar-refractivity contribution is 5.75. The second-order valence-electron chi connectivity index (χ2n) is 4.53. The molecular weight excluding hydrogens is 210 g/mol. The first kappa shape index (κ1) is 8.93. The van der Waals surface area contributed by atoms with Crippen LogP contribution in [0.4, 0.5) is 0 Å². The van der Waals surface area contributed by atoms with E-state index in [1.54, 1.807) is 0 Å². The molecule has 0 bridgehead atoms. The summed E-state index contributed by atoms with van der Waals surface area (Å²) in [4.78, 5) is 4.48. The smallest absolute Gasteiger partial charge is 0.207 e. The number of rotatable bonds is 0. The largest absolute Gasteiger partial charge is 0.233 e. The minimum Gasteiger partial charge on any atom is -0.233 e. The third-order valence-corrected chi connectivity index (χ3v) is 3.50. The number of nitrogens with zero attached hydrogens (tertiary/aromatic N) is 3. The highest BCUT2D eigenvalue weighted by Crippen LogP contribution is 2.25. The molecule has 3 heteroatoms. The first-order chi connectivity index (χ1) is 8.34. The van der Waals surface area contributed by atoms with E-state index >= 15 is 0 Å². The zero-order valence-electron chi connectivity index (χ0n) is 9.59. The highest BCUT2D eigenvalue weighted by Gasteiger charge is 2.29. The molecular formula is C14H12N3+. The average molecular weight is 222 g/mol. The Balaban J connectivity index is 2.14. The lowest BCUT2D eigenvalue weighted by molar-refractivity contribution is -0.749. The van der Waals surface area contributed by atoms with Crippen molar-refractivity contribution in [2.45, 2.75) is 13.5 Å². The Bertz CT molecular complexity index is 740. The maximum atomic E-state index is 4.48. The zero-order chi connectivity index (χ0) is 11.4. The van der Waals surface area contributed by atoms with Crippen LogP contribution in [0.2, 0.25) is 0 Å². The van der Waals surface area contributed by atoms with Crippen LogP contribution in [0.5, 0.6) is 0 Å². The van der Waals surface area contributed by atoms with Gasteiger partial charge in [0.05, 0.1) is 10.9 Å². The third-order valence-electron chi connectivity index (χ3n) is 3.50. The molecule has 0 unspecified atom stereocenters. The number of aryl methyl sites for hydroxylation is 1. The Morgan fingerprint density at radius 1 is 1.24 bits per heavy atom. The van der Waals surface area contributed by atoms with Gasteiger partial charge in [0.15, 0.2) is 6.54 Å². The summed E-state index contributed by atoms with van der Waals surface area (Å²) in [7, 11) is 0. The quantitative estimate of drug-likeness (QED) is 0.417. The van der Waals surface area contributed by atoms with Crippen LogP contribution < -0.4 is 4.68 Å². The van der Waals surface area contributed by atoms with E-state index in [2.05, 4.69) is 51.7 Å². The van der Waals surface area contributed by atoms with Crippen LogP contribution in [-0.4, -0.2) is 9.67 Å². The lowest BCUT2D eigenvalue weighted by Gasteiger charge is -1.99. The SMILES string of the molecule is Cc1cccc2c1C[n+]1cc3cccnc3n1-2. The first-order valence-corrected chi connectivity index (χ1v) is 5.80. The molecule has 0 amide bonds. The van der Waals surface area contributed by atoms with Crippen LogP contribution in [0.1, 0.15) is 11.1 Å². The van der Waals surface area contributed by atoms with Gasteiger partial charge in [0.25, 0.3) is 0 Å². The number of aromatic nitrogens is 3. The van der Waals surface area contributed by atoms with Gasteiger partial charge < -0.3 is 0 Å². The Morgan fingerprint density at radius 2 is 2.18 bits per heavy atom. The van der Waals surface area contributed by atoms with Crippen molar-refractivity contribution in [3.05, 3.63) is 53.9 Å². The molecule has 0 saturated heterocycles. The average Bonchev–Trinajstić information content (AvgIpc) is 2.85. The number of fused-ring (bicyclic) bond motifs is 5. The summed E-state index contributed by atoms with van der Waals surface area (Å²) in [5, 5.41) is 1.19.